The maximum Gasteiger partial charge on any atom is 0.310 e. The lowest BCUT2D eigenvalue weighted by Crippen LogP contribution is -2.15. The van der Waals surface area contributed by atoms with Gasteiger partial charge in [0.1, 0.15) is 11.4 Å². The Bertz CT molecular complexity index is 1030. The Morgan fingerprint density at radius 1 is 1.19 bits per heavy atom. The molecule has 0 amide bonds. The number of benzene rings is 1. The Kier molecular flexibility index (Phi) is 5.07. The minimum Gasteiger partial charge on any atom is -0.423 e. The number of pyridine rings is 1. The number of fused-ring (bicyclic) bond motifs is 1. The molecule has 0 saturated heterocycles. The molecule has 0 radical (unpaired) electrons. The van der Waals surface area contributed by atoms with E-state index >= 15 is 0 Å². The van der Waals surface area contributed by atoms with Crippen LogP contribution in [0.3, 0.4) is 0 Å². The third kappa shape index (κ3) is 3.88. The van der Waals surface area contributed by atoms with Crippen molar-refractivity contribution < 1.29 is 14.3 Å². The number of rotatable bonds is 4. The molecule has 0 unspecified atom stereocenters. The van der Waals surface area contributed by atoms with Gasteiger partial charge >= 0.3 is 5.97 Å². The number of ketones is 1. The molecule has 0 spiro atoms. The number of esters is 1. The van der Waals surface area contributed by atoms with E-state index in [2.05, 4.69) is 30.7 Å². The van der Waals surface area contributed by atoms with Crippen LogP contribution < -0.4 is 4.74 Å². The van der Waals surface area contributed by atoms with Crippen LogP contribution in [0.25, 0.3) is 10.9 Å². The molecule has 6 heteroatoms. The number of carbonyl (C=O) groups is 2. The minimum atomic E-state index is -0.429. The fraction of sp³-hybridized carbons (Fsp3) is 0.286. The van der Waals surface area contributed by atoms with Gasteiger partial charge in [0, 0.05) is 28.5 Å². The van der Waals surface area contributed by atoms with E-state index in [0.29, 0.717) is 15.9 Å². The largest absolute Gasteiger partial charge is 0.423 e. The van der Waals surface area contributed by atoms with Gasteiger partial charge in [-0.25, -0.2) is 0 Å². The third-order valence-electron chi connectivity index (χ3n) is 4.30. The molecule has 0 bridgehead atoms. The number of nitrogens with zero attached hydrogens (tertiary/aromatic N) is 1. The van der Waals surface area contributed by atoms with Gasteiger partial charge in [-0.1, -0.05) is 39.3 Å². The van der Waals surface area contributed by atoms with Crippen molar-refractivity contribution in [3.05, 3.63) is 58.5 Å². The van der Waals surface area contributed by atoms with Gasteiger partial charge in [-0.15, -0.1) is 0 Å². The summed E-state index contributed by atoms with van der Waals surface area (Å²) in [6.45, 7) is 7.89. The van der Waals surface area contributed by atoms with Crippen molar-refractivity contribution in [3.63, 3.8) is 0 Å². The number of nitrogens with one attached hydrogen (secondary N) is 1. The van der Waals surface area contributed by atoms with Gasteiger partial charge in [0.15, 0.2) is 5.75 Å². The SMILES string of the molecule is CCC(=O)Oc1c(C(=O)c2cc(C(C)(C)C)ccn2)[nH]c2ccc(Cl)cc12. The van der Waals surface area contributed by atoms with E-state index in [4.69, 9.17) is 16.3 Å². The van der Waals surface area contributed by atoms with Crippen LogP contribution in [-0.2, 0) is 10.2 Å². The van der Waals surface area contributed by atoms with Crippen LogP contribution in [-0.4, -0.2) is 21.7 Å². The second kappa shape index (κ2) is 7.16. The standard InChI is InChI=1S/C21H21ClN2O3/c1-5-17(25)27-20-14-11-13(22)6-7-15(14)24-18(20)19(26)16-10-12(8-9-23-16)21(2,3)4/h6-11,24H,5H2,1-4H3. The van der Waals surface area contributed by atoms with Crippen molar-refractivity contribution in [3.8, 4) is 5.75 Å². The summed E-state index contributed by atoms with van der Waals surface area (Å²) in [6, 6.07) is 8.78. The molecule has 0 fully saturated rings. The van der Waals surface area contributed by atoms with E-state index in [0.717, 1.165) is 5.56 Å². The average Bonchev–Trinajstić information content (AvgIpc) is 2.98. The number of carbonyl (C=O) groups excluding carboxylic acids is 2. The van der Waals surface area contributed by atoms with E-state index < -0.39 is 5.97 Å². The van der Waals surface area contributed by atoms with E-state index in [1.165, 1.54) is 0 Å². The number of H-pyrrole nitrogens is 1. The number of hydrogen-bond donors (Lipinski definition) is 1. The first kappa shape index (κ1) is 19.1. The Morgan fingerprint density at radius 2 is 1.93 bits per heavy atom. The second-order valence-corrected chi connectivity index (χ2v) is 7.79. The molecule has 2 aromatic heterocycles. The molecule has 3 rings (SSSR count). The maximum absolute atomic E-state index is 13.2. The number of aromatic amines is 1. The highest BCUT2D eigenvalue weighted by atomic mass is 35.5. The number of halogens is 1. The van der Waals surface area contributed by atoms with E-state index in [-0.39, 0.29) is 34.8 Å². The Morgan fingerprint density at radius 3 is 2.59 bits per heavy atom. The van der Waals surface area contributed by atoms with Gasteiger partial charge in [0.25, 0.3) is 0 Å². The van der Waals surface area contributed by atoms with Crippen LogP contribution in [0.1, 0.15) is 55.9 Å². The Balaban J connectivity index is 2.14. The van der Waals surface area contributed by atoms with Crippen molar-refractivity contribution in [2.24, 2.45) is 0 Å². The quantitative estimate of drug-likeness (QED) is 0.504. The van der Waals surface area contributed by atoms with Gasteiger partial charge in [0.05, 0.1) is 0 Å². The topological polar surface area (TPSA) is 72.1 Å². The summed E-state index contributed by atoms with van der Waals surface area (Å²) in [6.07, 6.45) is 1.81. The summed E-state index contributed by atoms with van der Waals surface area (Å²) >= 11 is 6.09. The summed E-state index contributed by atoms with van der Waals surface area (Å²) in [7, 11) is 0. The van der Waals surface area contributed by atoms with Crippen molar-refractivity contribution >= 4 is 34.3 Å². The normalized spacial score (nSPS) is 11.6. The molecule has 2 heterocycles. The van der Waals surface area contributed by atoms with Crippen LogP contribution in [0.15, 0.2) is 36.5 Å². The number of aromatic nitrogens is 2. The maximum atomic E-state index is 13.2. The molecule has 5 nitrogen and oxygen atoms in total. The van der Waals surface area contributed by atoms with Crippen molar-refractivity contribution in [2.45, 2.75) is 39.5 Å². The van der Waals surface area contributed by atoms with Gasteiger partial charge in [0.2, 0.25) is 5.78 Å². The molecule has 3 aromatic rings. The van der Waals surface area contributed by atoms with Crippen LogP contribution >= 0.6 is 11.6 Å². The van der Waals surface area contributed by atoms with E-state index in [1.54, 1.807) is 37.4 Å². The molecule has 0 aliphatic heterocycles. The van der Waals surface area contributed by atoms with Gasteiger partial charge < -0.3 is 9.72 Å². The van der Waals surface area contributed by atoms with E-state index in [1.807, 2.05) is 6.07 Å². The lowest BCUT2D eigenvalue weighted by molar-refractivity contribution is -0.133. The fourth-order valence-corrected chi connectivity index (χ4v) is 2.91. The summed E-state index contributed by atoms with van der Waals surface area (Å²) in [5.74, 6) is -0.582. The molecule has 0 aliphatic carbocycles. The molecule has 0 atom stereocenters. The Hall–Kier alpha value is -2.66. The first-order chi connectivity index (χ1) is 12.7. The Labute approximate surface area is 162 Å². The zero-order valence-corrected chi connectivity index (χ0v) is 16.5. The van der Waals surface area contributed by atoms with Crippen LogP contribution in [0.5, 0.6) is 5.75 Å². The molecule has 1 aromatic carbocycles. The summed E-state index contributed by atoms with van der Waals surface area (Å²) in [4.78, 5) is 32.3. The smallest absolute Gasteiger partial charge is 0.310 e. The minimum absolute atomic E-state index is 0.122. The molecular formula is C21H21ClN2O3. The molecule has 1 N–H and O–H groups in total. The highest BCUT2D eigenvalue weighted by molar-refractivity contribution is 6.31. The zero-order valence-electron chi connectivity index (χ0n) is 15.7. The van der Waals surface area contributed by atoms with Crippen molar-refractivity contribution in [2.75, 3.05) is 0 Å². The highest BCUT2D eigenvalue weighted by Gasteiger charge is 2.25. The number of hydrogen-bond acceptors (Lipinski definition) is 4. The highest BCUT2D eigenvalue weighted by Crippen LogP contribution is 2.34. The van der Waals surface area contributed by atoms with Crippen LogP contribution in [0, 0.1) is 0 Å². The lowest BCUT2D eigenvalue weighted by atomic mass is 9.87. The first-order valence-corrected chi connectivity index (χ1v) is 9.11. The summed E-state index contributed by atoms with van der Waals surface area (Å²) in [5.41, 5.74) is 2.01. The predicted octanol–water partition coefficient (Wildman–Crippen LogP) is 5.06. The molecule has 0 saturated carbocycles. The average molecular weight is 385 g/mol. The predicted molar refractivity (Wildman–Crippen MR) is 106 cm³/mol. The lowest BCUT2D eigenvalue weighted by Gasteiger charge is -2.19. The first-order valence-electron chi connectivity index (χ1n) is 8.74. The third-order valence-corrected chi connectivity index (χ3v) is 4.54. The van der Waals surface area contributed by atoms with Crippen LogP contribution in [0.2, 0.25) is 5.02 Å². The van der Waals surface area contributed by atoms with Crippen molar-refractivity contribution in [1.29, 1.82) is 0 Å². The molecule has 0 aliphatic rings. The summed E-state index contributed by atoms with van der Waals surface area (Å²) in [5, 5.41) is 1.07. The van der Waals surface area contributed by atoms with Gasteiger partial charge in [-0.2, -0.15) is 0 Å². The van der Waals surface area contributed by atoms with Gasteiger partial charge in [-0.05, 0) is 41.3 Å². The second-order valence-electron chi connectivity index (χ2n) is 7.36. The van der Waals surface area contributed by atoms with E-state index in [9.17, 15) is 9.59 Å². The van der Waals surface area contributed by atoms with Gasteiger partial charge in [-0.3, -0.25) is 14.6 Å². The summed E-state index contributed by atoms with van der Waals surface area (Å²) < 4.78 is 5.47. The molecular weight excluding hydrogens is 364 g/mol. The monoisotopic (exact) mass is 384 g/mol. The van der Waals surface area contributed by atoms with Crippen molar-refractivity contribution in [1.82, 2.24) is 9.97 Å². The molecule has 140 valence electrons. The number of ether oxygens (including phenoxy) is 1. The fourth-order valence-electron chi connectivity index (χ4n) is 2.74. The van der Waals surface area contributed by atoms with Crippen LogP contribution in [0.4, 0.5) is 0 Å². The molecule has 27 heavy (non-hydrogen) atoms. The zero-order chi connectivity index (χ0) is 19.8.